The number of anilines is 1. The molecule has 1 N–H and O–H groups in total. The molecule has 1 aliphatic carbocycles. The van der Waals surface area contributed by atoms with Gasteiger partial charge in [0.2, 0.25) is 0 Å². The maximum Gasteiger partial charge on any atom is 0.266 e. The molecule has 142 valence electrons. The third kappa shape index (κ3) is 3.56. The van der Waals surface area contributed by atoms with Gasteiger partial charge < -0.3 is 5.32 Å². The third-order valence-electron chi connectivity index (χ3n) is 4.88. The minimum absolute atomic E-state index is 0.0295. The molecule has 1 aliphatic rings. The highest BCUT2D eigenvalue weighted by atomic mass is 32.1. The maximum absolute atomic E-state index is 12.7. The van der Waals surface area contributed by atoms with E-state index in [4.69, 9.17) is 0 Å². The van der Waals surface area contributed by atoms with E-state index >= 15 is 0 Å². The quantitative estimate of drug-likeness (QED) is 0.527. The second kappa shape index (κ2) is 7.75. The number of nitriles is 2. The highest BCUT2D eigenvalue weighted by Crippen LogP contribution is 2.38. The number of benzene rings is 1. The first-order valence-corrected chi connectivity index (χ1v) is 10.0. The standard InChI is InChI=1S/C22H17N5OS/c1-14-16(13-27(26-14)17-6-3-2-4-7-17)10-15(11-23)21(28)25-22-19(12-24)18-8-5-9-20(18)29-22/h2-4,6-7,10,13H,5,8-9H2,1H3,(H,25,28)/b15-10+. The number of aryl methyl sites for hydroxylation is 2. The Labute approximate surface area is 172 Å². The van der Waals surface area contributed by atoms with Gasteiger partial charge in [0.05, 0.1) is 16.9 Å². The lowest BCUT2D eigenvalue weighted by Gasteiger charge is -2.03. The van der Waals surface area contributed by atoms with Crippen LogP contribution >= 0.6 is 11.3 Å². The topological polar surface area (TPSA) is 94.5 Å². The number of aromatic nitrogens is 2. The van der Waals surface area contributed by atoms with Gasteiger partial charge in [0.15, 0.2) is 0 Å². The summed E-state index contributed by atoms with van der Waals surface area (Å²) in [6.45, 7) is 1.83. The SMILES string of the molecule is Cc1nn(-c2ccccc2)cc1/C=C(\C#N)C(=O)Nc1sc2c(c1C#N)CCC2. The molecule has 2 heterocycles. The Balaban J connectivity index is 1.61. The number of rotatable bonds is 4. The van der Waals surface area contributed by atoms with E-state index in [1.807, 2.05) is 43.3 Å². The van der Waals surface area contributed by atoms with Crippen molar-refractivity contribution < 1.29 is 4.79 Å². The number of nitrogens with zero attached hydrogens (tertiary/aromatic N) is 4. The molecule has 0 fully saturated rings. The van der Waals surface area contributed by atoms with Gasteiger partial charge in [0.1, 0.15) is 22.7 Å². The molecule has 4 rings (SSSR count). The van der Waals surface area contributed by atoms with Crippen molar-refractivity contribution in [2.45, 2.75) is 26.2 Å². The lowest BCUT2D eigenvalue weighted by Crippen LogP contribution is -2.13. The van der Waals surface area contributed by atoms with Crippen LogP contribution in [-0.4, -0.2) is 15.7 Å². The predicted molar refractivity (Wildman–Crippen MR) is 112 cm³/mol. The van der Waals surface area contributed by atoms with Gasteiger partial charge in [-0.2, -0.15) is 15.6 Å². The normalized spacial score (nSPS) is 12.9. The Kier molecular flexibility index (Phi) is 4.99. The average Bonchev–Trinajstić information content (AvgIpc) is 3.41. The summed E-state index contributed by atoms with van der Waals surface area (Å²) in [4.78, 5) is 13.9. The number of carbonyl (C=O) groups is 1. The summed E-state index contributed by atoms with van der Waals surface area (Å²) in [5.74, 6) is -0.518. The fourth-order valence-electron chi connectivity index (χ4n) is 3.41. The van der Waals surface area contributed by atoms with Crippen molar-refractivity contribution >= 4 is 28.3 Å². The second-order valence-electron chi connectivity index (χ2n) is 6.75. The smallest absolute Gasteiger partial charge is 0.266 e. The molecular weight excluding hydrogens is 382 g/mol. The molecule has 0 unspecified atom stereocenters. The fourth-order valence-corrected chi connectivity index (χ4v) is 4.65. The molecule has 29 heavy (non-hydrogen) atoms. The van der Waals surface area contributed by atoms with Gasteiger partial charge >= 0.3 is 0 Å². The van der Waals surface area contributed by atoms with Crippen molar-refractivity contribution in [2.75, 3.05) is 5.32 Å². The molecule has 3 aromatic rings. The minimum Gasteiger partial charge on any atom is -0.312 e. The van der Waals surface area contributed by atoms with E-state index < -0.39 is 5.91 Å². The lowest BCUT2D eigenvalue weighted by atomic mass is 10.1. The summed E-state index contributed by atoms with van der Waals surface area (Å²) in [5.41, 5.74) is 3.83. The van der Waals surface area contributed by atoms with Crippen molar-refractivity contribution in [1.82, 2.24) is 9.78 Å². The molecule has 1 aromatic carbocycles. The first-order chi connectivity index (χ1) is 14.1. The van der Waals surface area contributed by atoms with Crippen LogP contribution in [0.1, 0.15) is 33.7 Å². The molecule has 0 spiro atoms. The number of para-hydroxylation sites is 1. The number of fused-ring (bicyclic) bond motifs is 1. The Morgan fingerprint density at radius 1 is 1.28 bits per heavy atom. The van der Waals surface area contributed by atoms with E-state index in [1.165, 1.54) is 17.4 Å². The molecular formula is C22H17N5OS. The molecule has 0 aliphatic heterocycles. The summed E-state index contributed by atoms with van der Waals surface area (Å²) in [6, 6.07) is 13.8. The molecule has 0 bridgehead atoms. The molecule has 0 saturated heterocycles. The van der Waals surface area contributed by atoms with Gasteiger partial charge in [0.25, 0.3) is 5.91 Å². The Hall–Kier alpha value is -3.68. The summed E-state index contributed by atoms with van der Waals surface area (Å²) >= 11 is 1.43. The van der Waals surface area contributed by atoms with Gasteiger partial charge in [-0.3, -0.25) is 4.79 Å². The van der Waals surface area contributed by atoms with Gasteiger partial charge in [-0.1, -0.05) is 18.2 Å². The van der Waals surface area contributed by atoms with E-state index in [0.29, 0.717) is 21.8 Å². The Morgan fingerprint density at radius 3 is 2.79 bits per heavy atom. The number of hydrogen-bond acceptors (Lipinski definition) is 5. The zero-order valence-electron chi connectivity index (χ0n) is 15.8. The first-order valence-electron chi connectivity index (χ1n) is 9.20. The first kappa shape index (κ1) is 18.7. The minimum atomic E-state index is -0.518. The van der Waals surface area contributed by atoms with Crippen LogP contribution in [0.15, 0.2) is 42.1 Å². The van der Waals surface area contributed by atoms with Crippen LogP contribution in [0.2, 0.25) is 0 Å². The molecule has 0 radical (unpaired) electrons. The number of hydrogen-bond donors (Lipinski definition) is 1. The third-order valence-corrected chi connectivity index (χ3v) is 6.09. The highest BCUT2D eigenvalue weighted by molar-refractivity contribution is 7.16. The van der Waals surface area contributed by atoms with E-state index in [0.717, 1.165) is 35.4 Å². The zero-order chi connectivity index (χ0) is 20.4. The van der Waals surface area contributed by atoms with Crippen molar-refractivity contribution in [3.05, 3.63) is 69.4 Å². The monoisotopic (exact) mass is 399 g/mol. The van der Waals surface area contributed by atoms with Crippen LogP contribution in [0.4, 0.5) is 5.00 Å². The molecule has 1 amide bonds. The summed E-state index contributed by atoms with van der Waals surface area (Å²) in [5, 5.41) is 26.8. The fraction of sp³-hybridized carbons (Fsp3) is 0.182. The number of nitrogens with one attached hydrogen (secondary N) is 1. The zero-order valence-corrected chi connectivity index (χ0v) is 16.6. The van der Waals surface area contributed by atoms with Crippen molar-refractivity contribution in [3.8, 4) is 17.8 Å². The van der Waals surface area contributed by atoms with E-state index in [1.54, 1.807) is 10.9 Å². The number of carbonyl (C=O) groups excluding carboxylic acids is 1. The van der Waals surface area contributed by atoms with Gasteiger partial charge in [0, 0.05) is 16.6 Å². The maximum atomic E-state index is 12.7. The lowest BCUT2D eigenvalue weighted by molar-refractivity contribution is -0.112. The predicted octanol–water partition coefficient (Wildman–Crippen LogP) is 4.15. The number of amides is 1. The van der Waals surface area contributed by atoms with E-state index in [-0.39, 0.29) is 5.57 Å². The second-order valence-corrected chi connectivity index (χ2v) is 7.85. The summed E-state index contributed by atoms with van der Waals surface area (Å²) in [7, 11) is 0. The van der Waals surface area contributed by atoms with E-state index in [9.17, 15) is 15.3 Å². The van der Waals surface area contributed by atoms with Crippen LogP contribution in [0.3, 0.4) is 0 Å². The van der Waals surface area contributed by atoms with Crippen molar-refractivity contribution in [3.63, 3.8) is 0 Å². The van der Waals surface area contributed by atoms with Gasteiger partial charge in [-0.25, -0.2) is 4.68 Å². The molecule has 7 heteroatoms. The largest absolute Gasteiger partial charge is 0.312 e. The Bertz CT molecular complexity index is 1200. The average molecular weight is 399 g/mol. The van der Waals surface area contributed by atoms with Crippen molar-refractivity contribution in [2.24, 2.45) is 0 Å². The van der Waals surface area contributed by atoms with Gasteiger partial charge in [-0.05, 0) is 50.0 Å². The van der Waals surface area contributed by atoms with Crippen LogP contribution in [-0.2, 0) is 17.6 Å². The van der Waals surface area contributed by atoms with Gasteiger partial charge in [-0.15, -0.1) is 11.3 Å². The van der Waals surface area contributed by atoms with Crippen molar-refractivity contribution in [1.29, 1.82) is 10.5 Å². The van der Waals surface area contributed by atoms with Crippen LogP contribution in [0, 0.1) is 29.6 Å². The highest BCUT2D eigenvalue weighted by Gasteiger charge is 2.24. The molecule has 0 saturated carbocycles. The summed E-state index contributed by atoms with van der Waals surface area (Å²) < 4.78 is 1.71. The van der Waals surface area contributed by atoms with Crippen LogP contribution in [0.5, 0.6) is 0 Å². The summed E-state index contributed by atoms with van der Waals surface area (Å²) in [6.07, 6.45) is 6.16. The van der Waals surface area contributed by atoms with Crippen LogP contribution in [0.25, 0.3) is 11.8 Å². The molecule has 0 atom stereocenters. The Morgan fingerprint density at radius 2 is 2.07 bits per heavy atom. The van der Waals surface area contributed by atoms with Crippen LogP contribution < -0.4 is 5.32 Å². The molecule has 6 nitrogen and oxygen atoms in total. The number of thiophene rings is 1. The molecule has 2 aromatic heterocycles. The van der Waals surface area contributed by atoms with E-state index in [2.05, 4.69) is 16.5 Å².